The molecular formula is C14H20N2O5. The summed E-state index contributed by atoms with van der Waals surface area (Å²) < 4.78 is 9.97. The number of allylic oxidation sites excluding steroid dienone is 2. The van der Waals surface area contributed by atoms with E-state index in [1.54, 1.807) is 0 Å². The van der Waals surface area contributed by atoms with E-state index in [-0.39, 0.29) is 23.8 Å². The SMILES string of the molecule is C=C/C(OC(C)=O)=C(\C=C(/N)C(=O)N1CCC(O)C1)OC. The van der Waals surface area contributed by atoms with Gasteiger partial charge in [-0.2, -0.15) is 0 Å². The van der Waals surface area contributed by atoms with E-state index in [0.29, 0.717) is 13.0 Å². The maximum absolute atomic E-state index is 12.1. The summed E-state index contributed by atoms with van der Waals surface area (Å²) in [5.41, 5.74) is 5.67. The summed E-state index contributed by atoms with van der Waals surface area (Å²) in [6.07, 6.45) is 2.56. The monoisotopic (exact) mass is 296 g/mol. The van der Waals surface area contributed by atoms with Crippen molar-refractivity contribution in [1.82, 2.24) is 4.90 Å². The summed E-state index contributed by atoms with van der Waals surface area (Å²) in [6.45, 7) is 5.44. The van der Waals surface area contributed by atoms with E-state index in [1.165, 1.54) is 31.1 Å². The summed E-state index contributed by atoms with van der Waals surface area (Å²) in [6, 6.07) is 0. The second kappa shape index (κ2) is 7.49. The highest BCUT2D eigenvalue weighted by Gasteiger charge is 2.26. The molecule has 21 heavy (non-hydrogen) atoms. The lowest BCUT2D eigenvalue weighted by molar-refractivity contribution is -0.136. The van der Waals surface area contributed by atoms with Crippen molar-refractivity contribution >= 4 is 11.9 Å². The number of ether oxygens (including phenoxy) is 2. The molecule has 1 aliphatic rings. The summed E-state index contributed by atoms with van der Waals surface area (Å²) in [7, 11) is 1.36. The molecule has 1 saturated heterocycles. The number of amides is 1. The van der Waals surface area contributed by atoms with Crippen LogP contribution in [-0.2, 0) is 19.1 Å². The van der Waals surface area contributed by atoms with Gasteiger partial charge in [0.1, 0.15) is 5.70 Å². The van der Waals surface area contributed by atoms with Crippen molar-refractivity contribution in [2.75, 3.05) is 20.2 Å². The van der Waals surface area contributed by atoms with Gasteiger partial charge in [-0.3, -0.25) is 9.59 Å². The molecule has 116 valence electrons. The maximum Gasteiger partial charge on any atom is 0.308 e. The lowest BCUT2D eigenvalue weighted by Crippen LogP contribution is -2.33. The standard InChI is InChI=1S/C14H20N2O5/c1-4-12(21-9(2)17)13(20-3)7-11(15)14(19)16-6-5-10(18)8-16/h4,7,10,18H,1,5-6,8,15H2,2-3H3/b11-7-,13-12-. The number of aliphatic hydroxyl groups is 1. The van der Waals surface area contributed by atoms with Crippen LogP contribution in [0.2, 0.25) is 0 Å². The number of hydrogen-bond acceptors (Lipinski definition) is 6. The summed E-state index contributed by atoms with van der Waals surface area (Å²) in [5.74, 6) is -0.763. The van der Waals surface area contributed by atoms with E-state index in [9.17, 15) is 14.7 Å². The number of rotatable bonds is 5. The van der Waals surface area contributed by atoms with E-state index in [0.717, 1.165) is 0 Å². The van der Waals surface area contributed by atoms with Crippen LogP contribution in [-0.4, -0.2) is 48.2 Å². The van der Waals surface area contributed by atoms with Crippen LogP contribution in [0, 0.1) is 0 Å². The van der Waals surface area contributed by atoms with Gasteiger partial charge >= 0.3 is 5.97 Å². The number of β-amino-alcohol motifs (C(OH)–C–C–N with tert-alkyl or cyclic N) is 1. The van der Waals surface area contributed by atoms with Gasteiger partial charge in [-0.25, -0.2) is 0 Å². The van der Waals surface area contributed by atoms with Gasteiger partial charge in [-0.05, 0) is 12.5 Å². The molecule has 0 aromatic heterocycles. The van der Waals surface area contributed by atoms with Crippen LogP contribution in [0.15, 0.2) is 35.9 Å². The molecule has 0 aromatic rings. The summed E-state index contributed by atoms with van der Waals surface area (Å²) in [5, 5.41) is 9.42. The molecule has 3 N–H and O–H groups in total. The Morgan fingerprint density at radius 3 is 2.52 bits per heavy atom. The molecule has 0 aromatic carbocycles. The molecule has 1 heterocycles. The summed E-state index contributed by atoms with van der Waals surface area (Å²) in [4.78, 5) is 24.5. The van der Waals surface area contributed by atoms with Crippen LogP contribution in [0.25, 0.3) is 0 Å². The minimum absolute atomic E-state index is 0.0715. The van der Waals surface area contributed by atoms with Gasteiger partial charge in [0, 0.05) is 26.1 Å². The number of methoxy groups -OCH3 is 1. The molecule has 0 bridgehead atoms. The number of nitrogens with zero attached hydrogens (tertiary/aromatic N) is 1. The Kier molecular flexibility index (Phi) is 5.98. The lowest BCUT2D eigenvalue weighted by atomic mass is 10.3. The minimum atomic E-state index is -0.541. The number of aliphatic hydroxyl groups excluding tert-OH is 1. The molecule has 7 nitrogen and oxygen atoms in total. The highest BCUT2D eigenvalue weighted by Crippen LogP contribution is 2.15. The molecule has 0 aliphatic carbocycles. The van der Waals surface area contributed by atoms with Crippen molar-refractivity contribution < 1.29 is 24.2 Å². The zero-order valence-corrected chi connectivity index (χ0v) is 12.2. The first kappa shape index (κ1) is 16.8. The van der Waals surface area contributed by atoms with Gasteiger partial charge in [0.2, 0.25) is 0 Å². The van der Waals surface area contributed by atoms with E-state index in [1.807, 2.05) is 0 Å². The highest BCUT2D eigenvalue weighted by atomic mass is 16.6. The van der Waals surface area contributed by atoms with Gasteiger partial charge in [0.15, 0.2) is 11.5 Å². The number of hydrogen-bond donors (Lipinski definition) is 2. The Morgan fingerprint density at radius 2 is 2.10 bits per heavy atom. The number of nitrogens with two attached hydrogens (primary N) is 1. The van der Waals surface area contributed by atoms with Crippen molar-refractivity contribution in [3.05, 3.63) is 35.9 Å². The van der Waals surface area contributed by atoms with Crippen LogP contribution in [0.1, 0.15) is 13.3 Å². The topological polar surface area (TPSA) is 102 Å². The molecule has 0 spiro atoms. The van der Waals surface area contributed by atoms with Crippen molar-refractivity contribution in [3.63, 3.8) is 0 Å². The average Bonchev–Trinajstić information content (AvgIpc) is 2.87. The Bertz CT molecular complexity index is 496. The van der Waals surface area contributed by atoms with Crippen molar-refractivity contribution in [2.24, 2.45) is 5.73 Å². The second-order valence-electron chi connectivity index (χ2n) is 4.52. The van der Waals surface area contributed by atoms with Crippen molar-refractivity contribution in [1.29, 1.82) is 0 Å². The lowest BCUT2D eigenvalue weighted by Gasteiger charge is -2.16. The van der Waals surface area contributed by atoms with Crippen LogP contribution < -0.4 is 5.73 Å². The van der Waals surface area contributed by atoms with Crippen molar-refractivity contribution in [3.8, 4) is 0 Å². The van der Waals surface area contributed by atoms with Crippen LogP contribution in [0.3, 0.4) is 0 Å². The highest BCUT2D eigenvalue weighted by molar-refractivity contribution is 5.93. The normalized spacial score (nSPS) is 19.9. The molecule has 1 amide bonds. The smallest absolute Gasteiger partial charge is 0.308 e. The van der Waals surface area contributed by atoms with Gasteiger partial charge < -0.3 is 25.2 Å². The molecule has 0 radical (unpaired) electrons. The van der Waals surface area contributed by atoms with Gasteiger partial charge in [-0.15, -0.1) is 0 Å². The fourth-order valence-corrected chi connectivity index (χ4v) is 1.89. The van der Waals surface area contributed by atoms with Crippen LogP contribution in [0.5, 0.6) is 0 Å². The van der Waals surface area contributed by atoms with E-state index >= 15 is 0 Å². The molecule has 0 saturated carbocycles. The van der Waals surface area contributed by atoms with Crippen LogP contribution in [0.4, 0.5) is 0 Å². The van der Waals surface area contributed by atoms with Gasteiger partial charge in [0.05, 0.1) is 13.2 Å². The Morgan fingerprint density at radius 1 is 1.43 bits per heavy atom. The maximum atomic E-state index is 12.1. The predicted molar refractivity (Wildman–Crippen MR) is 75.5 cm³/mol. The molecule has 1 fully saturated rings. The molecular weight excluding hydrogens is 276 g/mol. The van der Waals surface area contributed by atoms with Gasteiger partial charge in [0.25, 0.3) is 5.91 Å². The fourth-order valence-electron chi connectivity index (χ4n) is 1.89. The third-order valence-corrected chi connectivity index (χ3v) is 2.89. The summed E-state index contributed by atoms with van der Waals surface area (Å²) >= 11 is 0. The number of carbonyl (C=O) groups excluding carboxylic acids is 2. The first-order valence-corrected chi connectivity index (χ1v) is 6.42. The quantitative estimate of drug-likeness (QED) is 0.321. The van der Waals surface area contributed by atoms with E-state index in [2.05, 4.69) is 6.58 Å². The van der Waals surface area contributed by atoms with Crippen molar-refractivity contribution in [2.45, 2.75) is 19.4 Å². The Labute approximate surface area is 123 Å². The van der Waals surface area contributed by atoms with Gasteiger partial charge in [-0.1, -0.05) is 6.58 Å². The van der Waals surface area contributed by atoms with E-state index in [4.69, 9.17) is 15.2 Å². The van der Waals surface area contributed by atoms with E-state index < -0.39 is 18.0 Å². The molecule has 1 aliphatic heterocycles. The first-order valence-electron chi connectivity index (χ1n) is 6.42. The second-order valence-corrected chi connectivity index (χ2v) is 4.52. The zero-order valence-electron chi connectivity index (χ0n) is 12.2. The minimum Gasteiger partial charge on any atom is -0.493 e. The number of esters is 1. The molecule has 1 unspecified atom stereocenters. The average molecular weight is 296 g/mol. The first-order chi connectivity index (χ1) is 9.88. The number of likely N-dealkylation sites (tertiary alicyclic amines) is 1. The fraction of sp³-hybridized carbons (Fsp3) is 0.429. The molecule has 7 heteroatoms. The van der Waals surface area contributed by atoms with Crippen LogP contribution >= 0.6 is 0 Å². The zero-order chi connectivity index (χ0) is 16.0. The Balaban J connectivity index is 2.95. The predicted octanol–water partition coefficient (Wildman–Crippen LogP) is 0.0293. The Hall–Kier alpha value is -2.28. The third kappa shape index (κ3) is 4.64. The number of carbonyl (C=O) groups is 2. The molecule has 1 rings (SSSR count). The molecule has 1 atom stereocenters. The largest absolute Gasteiger partial charge is 0.493 e. The third-order valence-electron chi connectivity index (χ3n) is 2.89.